The molecule has 0 aliphatic heterocycles. The minimum atomic E-state index is -0.956. The summed E-state index contributed by atoms with van der Waals surface area (Å²) in [6, 6.07) is 7.31. The van der Waals surface area contributed by atoms with Crippen LogP contribution in [0.1, 0.15) is 10.4 Å². The summed E-state index contributed by atoms with van der Waals surface area (Å²) in [5, 5.41) is 9.02. The van der Waals surface area contributed by atoms with E-state index < -0.39 is 5.97 Å². The van der Waals surface area contributed by atoms with E-state index in [1.807, 2.05) is 18.2 Å². The Hall–Kier alpha value is -2.23. The van der Waals surface area contributed by atoms with Gasteiger partial charge in [-0.05, 0) is 6.07 Å². The minimum absolute atomic E-state index is 0.240. The number of methoxy groups -OCH3 is 1. The number of hydrogen-bond acceptors (Lipinski definition) is 2. The lowest BCUT2D eigenvalue weighted by atomic mass is 10.0. The van der Waals surface area contributed by atoms with E-state index in [0.717, 1.165) is 5.56 Å². The molecule has 0 unspecified atom stereocenters. The topological polar surface area (TPSA) is 62.3 Å². The zero-order valence-electron chi connectivity index (χ0n) is 8.73. The van der Waals surface area contributed by atoms with Crippen molar-refractivity contribution in [2.75, 3.05) is 7.11 Å². The molecule has 4 nitrogen and oxygen atoms in total. The van der Waals surface area contributed by atoms with Crippen molar-refractivity contribution in [2.24, 2.45) is 0 Å². The van der Waals surface area contributed by atoms with Gasteiger partial charge in [-0.25, -0.2) is 4.79 Å². The zero-order chi connectivity index (χ0) is 11.5. The number of carboxylic acids is 1. The molecule has 0 bridgehead atoms. The molecule has 0 fully saturated rings. The smallest absolute Gasteiger partial charge is 0.337 e. The van der Waals surface area contributed by atoms with Gasteiger partial charge in [-0.3, -0.25) is 0 Å². The highest BCUT2D eigenvalue weighted by Crippen LogP contribution is 2.31. The molecule has 4 heteroatoms. The number of carboxylic acid groups (broad SMARTS) is 1. The van der Waals surface area contributed by atoms with Crippen molar-refractivity contribution in [1.82, 2.24) is 4.98 Å². The molecule has 0 spiro atoms. The quantitative estimate of drug-likeness (QED) is 0.829. The number of nitrogens with one attached hydrogen (secondary N) is 1. The maximum absolute atomic E-state index is 11.0. The number of H-pyrrole nitrogens is 1. The number of rotatable bonds is 3. The van der Waals surface area contributed by atoms with Crippen LogP contribution < -0.4 is 4.74 Å². The Morgan fingerprint density at radius 3 is 2.69 bits per heavy atom. The summed E-state index contributed by atoms with van der Waals surface area (Å²) in [7, 11) is 1.56. The SMILES string of the molecule is COc1ccccc1-c1c[nH]cc1C(=O)O. The van der Waals surface area contributed by atoms with E-state index in [0.29, 0.717) is 11.3 Å². The molecule has 2 aromatic rings. The van der Waals surface area contributed by atoms with Gasteiger partial charge in [0.2, 0.25) is 0 Å². The van der Waals surface area contributed by atoms with Crippen LogP contribution >= 0.6 is 0 Å². The lowest BCUT2D eigenvalue weighted by Gasteiger charge is -2.07. The maximum atomic E-state index is 11.0. The van der Waals surface area contributed by atoms with E-state index in [1.165, 1.54) is 6.20 Å². The summed E-state index contributed by atoms with van der Waals surface area (Å²) >= 11 is 0. The third-order valence-electron chi connectivity index (χ3n) is 2.37. The van der Waals surface area contributed by atoms with Gasteiger partial charge in [0, 0.05) is 23.5 Å². The van der Waals surface area contributed by atoms with Gasteiger partial charge in [0.05, 0.1) is 12.7 Å². The first-order valence-corrected chi connectivity index (χ1v) is 4.77. The molecule has 0 aliphatic rings. The first-order valence-electron chi connectivity index (χ1n) is 4.77. The van der Waals surface area contributed by atoms with Crippen molar-refractivity contribution in [1.29, 1.82) is 0 Å². The van der Waals surface area contributed by atoms with E-state index in [2.05, 4.69) is 4.98 Å². The monoisotopic (exact) mass is 217 g/mol. The maximum Gasteiger partial charge on any atom is 0.337 e. The highest BCUT2D eigenvalue weighted by molar-refractivity contribution is 5.96. The fourth-order valence-corrected chi connectivity index (χ4v) is 1.63. The van der Waals surface area contributed by atoms with Crippen LogP contribution in [0.25, 0.3) is 11.1 Å². The molecule has 0 radical (unpaired) electrons. The molecular weight excluding hydrogens is 206 g/mol. The van der Waals surface area contributed by atoms with Crippen LogP contribution in [0, 0.1) is 0 Å². The second-order valence-corrected chi connectivity index (χ2v) is 3.29. The molecule has 0 atom stereocenters. The standard InChI is InChI=1S/C12H11NO3/c1-16-11-5-3-2-4-8(11)9-6-13-7-10(9)12(14)15/h2-7,13H,1H3,(H,14,15). The van der Waals surface area contributed by atoms with E-state index >= 15 is 0 Å². The summed E-state index contributed by atoms with van der Waals surface area (Å²) in [5.41, 5.74) is 1.64. The van der Waals surface area contributed by atoms with Crippen molar-refractivity contribution in [2.45, 2.75) is 0 Å². The molecule has 0 aliphatic carbocycles. The zero-order valence-corrected chi connectivity index (χ0v) is 8.73. The molecule has 2 rings (SSSR count). The molecule has 1 aromatic heterocycles. The lowest BCUT2D eigenvalue weighted by molar-refractivity contribution is 0.0698. The van der Waals surface area contributed by atoms with Gasteiger partial charge < -0.3 is 14.8 Å². The molecule has 0 saturated carbocycles. The molecular formula is C12H11NO3. The van der Waals surface area contributed by atoms with Gasteiger partial charge in [-0.15, -0.1) is 0 Å². The Labute approximate surface area is 92.5 Å². The van der Waals surface area contributed by atoms with E-state index in [9.17, 15) is 4.79 Å². The Morgan fingerprint density at radius 1 is 1.25 bits per heavy atom. The number of aromatic nitrogens is 1. The van der Waals surface area contributed by atoms with Crippen LogP contribution in [0.4, 0.5) is 0 Å². The van der Waals surface area contributed by atoms with Crippen LogP contribution in [-0.4, -0.2) is 23.2 Å². The highest BCUT2D eigenvalue weighted by Gasteiger charge is 2.15. The largest absolute Gasteiger partial charge is 0.496 e. The van der Waals surface area contributed by atoms with Gasteiger partial charge in [0.25, 0.3) is 0 Å². The fraction of sp³-hybridized carbons (Fsp3) is 0.0833. The average molecular weight is 217 g/mol. The van der Waals surface area contributed by atoms with E-state index in [-0.39, 0.29) is 5.56 Å². The number of para-hydroxylation sites is 1. The van der Waals surface area contributed by atoms with Gasteiger partial charge >= 0.3 is 5.97 Å². The fourth-order valence-electron chi connectivity index (χ4n) is 1.63. The molecule has 1 heterocycles. The number of aromatic amines is 1. The van der Waals surface area contributed by atoms with Crippen molar-refractivity contribution < 1.29 is 14.6 Å². The Bertz CT molecular complexity index is 516. The number of hydrogen-bond donors (Lipinski definition) is 2. The van der Waals surface area contributed by atoms with Gasteiger partial charge in [0.15, 0.2) is 0 Å². The summed E-state index contributed by atoms with van der Waals surface area (Å²) < 4.78 is 5.20. The van der Waals surface area contributed by atoms with Crippen molar-refractivity contribution in [3.05, 3.63) is 42.2 Å². The summed E-state index contributed by atoms with van der Waals surface area (Å²) in [6.07, 6.45) is 3.12. The first kappa shape index (κ1) is 10.3. The second kappa shape index (κ2) is 4.10. The lowest BCUT2D eigenvalue weighted by Crippen LogP contribution is -1.97. The molecule has 16 heavy (non-hydrogen) atoms. The third kappa shape index (κ3) is 1.65. The minimum Gasteiger partial charge on any atom is -0.496 e. The molecule has 0 amide bonds. The van der Waals surface area contributed by atoms with Crippen molar-refractivity contribution >= 4 is 5.97 Å². The molecule has 0 saturated heterocycles. The van der Waals surface area contributed by atoms with Crippen molar-refractivity contribution in [3.8, 4) is 16.9 Å². The van der Waals surface area contributed by atoms with Crippen LogP contribution in [0.5, 0.6) is 5.75 Å². The number of carbonyl (C=O) groups is 1. The Balaban J connectivity index is 2.58. The molecule has 82 valence electrons. The molecule has 2 N–H and O–H groups in total. The van der Waals surface area contributed by atoms with Crippen LogP contribution in [0.2, 0.25) is 0 Å². The van der Waals surface area contributed by atoms with Crippen molar-refractivity contribution in [3.63, 3.8) is 0 Å². The van der Waals surface area contributed by atoms with Crippen LogP contribution in [0.15, 0.2) is 36.7 Å². The van der Waals surface area contributed by atoms with Gasteiger partial charge in [-0.2, -0.15) is 0 Å². The summed E-state index contributed by atoms with van der Waals surface area (Å²) in [6.45, 7) is 0. The predicted molar refractivity (Wildman–Crippen MR) is 59.7 cm³/mol. The predicted octanol–water partition coefficient (Wildman–Crippen LogP) is 2.39. The van der Waals surface area contributed by atoms with Crippen LogP contribution in [0.3, 0.4) is 0 Å². The highest BCUT2D eigenvalue weighted by atomic mass is 16.5. The average Bonchev–Trinajstić information content (AvgIpc) is 2.77. The Kier molecular flexibility index (Phi) is 2.64. The van der Waals surface area contributed by atoms with E-state index in [4.69, 9.17) is 9.84 Å². The Morgan fingerprint density at radius 2 is 2.00 bits per heavy atom. The number of aromatic carboxylic acids is 1. The van der Waals surface area contributed by atoms with E-state index in [1.54, 1.807) is 19.4 Å². The van der Waals surface area contributed by atoms with Gasteiger partial charge in [-0.1, -0.05) is 18.2 Å². The van der Waals surface area contributed by atoms with Crippen LogP contribution in [-0.2, 0) is 0 Å². The summed E-state index contributed by atoms with van der Waals surface area (Å²) in [5.74, 6) is -0.299. The number of benzene rings is 1. The molecule has 1 aromatic carbocycles. The summed E-state index contributed by atoms with van der Waals surface area (Å²) in [4.78, 5) is 13.8. The first-order chi connectivity index (χ1) is 7.74. The van der Waals surface area contributed by atoms with Gasteiger partial charge in [0.1, 0.15) is 5.75 Å². The second-order valence-electron chi connectivity index (χ2n) is 3.29. The third-order valence-corrected chi connectivity index (χ3v) is 2.37. The normalized spacial score (nSPS) is 10.1. The number of ether oxygens (including phenoxy) is 1.